The van der Waals surface area contributed by atoms with Crippen molar-refractivity contribution >= 4 is 29.9 Å². The van der Waals surface area contributed by atoms with Crippen molar-refractivity contribution in [2.24, 2.45) is 11.7 Å². The third-order valence-electron chi connectivity index (χ3n) is 6.53. The van der Waals surface area contributed by atoms with Crippen molar-refractivity contribution < 1.29 is 19.1 Å². The number of ether oxygens (including phenoxy) is 2. The predicted molar refractivity (Wildman–Crippen MR) is 133 cm³/mol. The van der Waals surface area contributed by atoms with Crippen LogP contribution < -0.4 is 25.8 Å². The highest BCUT2D eigenvalue weighted by Gasteiger charge is 2.29. The second-order valence-electron chi connectivity index (χ2n) is 8.98. The lowest BCUT2D eigenvalue weighted by Gasteiger charge is -2.20. The first kappa shape index (κ1) is 23.2. The molecule has 9 nitrogen and oxygen atoms in total. The Morgan fingerprint density at radius 1 is 1.09 bits per heavy atom. The minimum absolute atomic E-state index is 0. The van der Waals surface area contributed by atoms with Gasteiger partial charge in [0.15, 0.2) is 17.2 Å². The minimum atomic E-state index is -0.564. The maximum Gasteiger partial charge on any atom is 0.269 e. The Bertz CT molecular complexity index is 1320. The van der Waals surface area contributed by atoms with Crippen molar-refractivity contribution in [3.63, 3.8) is 0 Å². The maximum atomic E-state index is 12.4. The first-order valence-corrected chi connectivity index (χ1v) is 11.5. The van der Waals surface area contributed by atoms with E-state index in [1.807, 2.05) is 36.4 Å². The average molecular weight is 496 g/mol. The highest BCUT2D eigenvalue weighted by atomic mass is 35.5. The Hall–Kier alpha value is -3.56. The molecule has 10 heteroatoms. The summed E-state index contributed by atoms with van der Waals surface area (Å²) >= 11 is 0. The summed E-state index contributed by atoms with van der Waals surface area (Å²) in [6.07, 6.45) is 3.90. The number of halogens is 1. The van der Waals surface area contributed by atoms with Gasteiger partial charge in [-0.05, 0) is 68.0 Å². The van der Waals surface area contributed by atoms with Gasteiger partial charge in [-0.2, -0.15) is 5.10 Å². The van der Waals surface area contributed by atoms with Gasteiger partial charge in [0.1, 0.15) is 0 Å². The lowest BCUT2D eigenvalue weighted by molar-refractivity contribution is -0.115. The summed E-state index contributed by atoms with van der Waals surface area (Å²) in [5.41, 5.74) is 11.0. The van der Waals surface area contributed by atoms with Crippen LogP contribution in [0.4, 0.5) is 5.69 Å². The number of benzene rings is 2. The molecule has 182 valence electrons. The molecule has 0 spiro atoms. The molecule has 35 heavy (non-hydrogen) atoms. The molecule has 2 amide bonds. The Balaban J connectivity index is 0.00000253. The summed E-state index contributed by atoms with van der Waals surface area (Å²) in [6.45, 7) is 1.33. The third-order valence-corrected chi connectivity index (χ3v) is 6.53. The van der Waals surface area contributed by atoms with E-state index in [9.17, 15) is 9.59 Å². The number of aromatic nitrogens is 2. The molecule has 2 aromatic carbocycles. The lowest BCUT2D eigenvalue weighted by atomic mass is 9.88. The van der Waals surface area contributed by atoms with Gasteiger partial charge in [0.2, 0.25) is 12.7 Å². The van der Waals surface area contributed by atoms with Crippen molar-refractivity contribution in [3.8, 4) is 28.4 Å². The number of fused-ring (bicyclic) bond motifs is 4. The number of anilines is 1. The standard InChI is InChI=1S/C25H25N5O4.ClH/c26-25(32)23-18-7-4-15-3-5-16(28-22(31)12-27-11-14-1-2-14)9-19(15)24(18)30(29-23)17-6-8-20-21(10-17)34-13-33-20;/h3,5-6,8-10,14,27H,1-2,4,7,11-13H2,(H2,26,32)(H,28,31);1H. The van der Waals surface area contributed by atoms with Crippen LogP contribution in [0.25, 0.3) is 16.9 Å². The van der Waals surface area contributed by atoms with Gasteiger partial charge in [0.25, 0.3) is 5.91 Å². The fourth-order valence-electron chi connectivity index (χ4n) is 4.63. The number of nitrogens with one attached hydrogen (secondary N) is 2. The van der Waals surface area contributed by atoms with E-state index in [-0.39, 0.29) is 37.3 Å². The highest BCUT2D eigenvalue weighted by Crippen LogP contribution is 2.40. The highest BCUT2D eigenvalue weighted by molar-refractivity contribution is 5.96. The maximum absolute atomic E-state index is 12.4. The van der Waals surface area contributed by atoms with E-state index in [4.69, 9.17) is 15.2 Å². The van der Waals surface area contributed by atoms with E-state index in [0.29, 0.717) is 29.5 Å². The molecular weight excluding hydrogens is 470 g/mol. The smallest absolute Gasteiger partial charge is 0.269 e. The van der Waals surface area contributed by atoms with Crippen LogP contribution in [0.5, 0.6) is 11.5 Å². The summed E-state index contributed by atoms with van der Waals surface area (Å²) < 4.78 is 12.7. The topological polar surface area (TPSA) is 120 Å². The van der Waals surface area contributed by atoms with E-state index >= 15 is 0 Å². The van der Waals surface area contributed by atoms with Crippen LogP contribution in [-0.2, 0) is 17.6 Å². The van der Waals surface area contributed by atoms with Gasteiger partial charge in [-0.25, -0.2) is 4.68 Å². The SMILES string of the molecule is Cl.NC(=O)c1nn(-c2ccc3c(c2)OCO3)c2c1CCc1ccc(NC(=O)CNCC3CC3)cc1-2. The van der Waals surface area contributed by atoms with Gasteiger partial charge in [0.05, 0.1) is 17.9 Å². The summed E-state index contributed by atoms with van der Waals surface area (Å²) in [5, 5.41) is 10.8. The number of primary amides is 1. The van der Waals surface area contributed by atoms with E-state index in [1.54, 1.807) is 4.68 Å². The molecule has 1 aliphatic heterocycles. The van der Waals surface area contributed by atoms with E-state index < -0.39 is 5.91 Å². The number of hydrogen-bond donors (Lipinski definition) is 3. The van der Waals surface area contributed by atoms with Crippen molar-refractivity contribution in [2.75, 3.05) is 25.2 Å². The number of rotatable bonds is 7. The molecule has 1 fully saturated rings. The summed E-state index contributed by atoms with van der Waals surface area (Å²) in [7, 11) is 0. The Labute approximate surface area is 208 Å². The second kappa shape index (κ2) is 9.24. The zero-order valence-corrected chi connectivity index (χ0v) is 19.8. The number of carbonyl (C=O) groups is 2. The molecule has 0 saturated heterocycles. The van der Waals surface area contributed by atoms with Crippen LogP contribution in [0.2, 0.25) is 0 Å². The molecule has 3 aliphatic rings. The molecule has 1 aromatic heterocycles. The van der Waals surface area contributed by atoms with E-state index in [0.717, 1.165) is 41.0 Å². The normalized spacial score (nSPS) is 15.1. The first-order valence-electron chi connectivity index (χ1n) is 11.5. The number of nitrogens with two attached hydrogens (primary N) is 1. The van der Waals surface area contributed by atoms with Crippen LogP contribution in [0, 0.1) is 5.92 Å². The quantitative estimate of drug-likeness (QED) is 0.463. The Morgan fingerprint density at radius 3 is 2.71 bits per heavy atom. The molecule has 2 heterocycles. The molecule has 4 N–H and O–H groups in total. The lowest BCUT2D eigenvalue weighted by Crippen LogP contribution is -2.29. The van der Waals surface area contributed by atoms with Crippen LogP contribution >= 0.6 is 12.4 Å². The van der Waals surface area contributed by atoms with E-state index in [1.165, 1.54) is 12.8 Å². The molecule has 0 unspecified atom stereocenters. The van der Waals surface area contributed by atoms with Crippen molar-refractivity contribution in [1.29, 1.82) is 0 Å². The van der Waals surface area contributed by atoms with E-state index in [2.05, 4.69) is 15.7 Å². The zero-order valence-electron chi connectivity index (χ0n) is 19.0. The third kappa shape index (κ3) is 4.44. The minimum Gasteiger partial charge on any atom is -0.454 e. The van der Waals surface area contributed by atoms with Crippen molar-refractivity contribution in [3.05, 3.63) is 53.2 Å². The Kier molecular flexibility index (Phi) is 6.12. The number of aryl methyl sites for hydroxylation is 1. The van der Waals surface area contributed by atoms with Gasteiger partial charge < -0.3 is 25.8 Å². The van der Waals surface area contributed by atoms with Crippen molar-refractivity contribution in [2.45, 2.75) is 25.7 Å². The van der Waals surface area contributed by atoms with Crippen molar-refractivity contribution in [1.82, 2.24) is 15.1 Å². The van der Waals surface area contributed by atoms with Gasteiger partial charge in [-0.3, -0.25) is 9.59 Å². The average Bonchev–Trinajstić information content (AvgIpc) is 3.38. The van der Waals surface area contributed by atoms with Crippen LogP contribution in [0.15, 0.2) is 36.4 Å². The Morgan fingerprint density at radius 2 is 1.91 bits per heavy atom. The van der Waals surface area contributed by atoms with Gasteiger partial charge in [-0.1, -0.05) is 6.07 Å². The van der Waals surface area contributed by atoms with Crippen LogP contribution in [0.1, 0.15) is 34.5 Å². The summed E-state index contributed by atoms with van der Waals surface area (Å²) in [4.78, 5) is 24.7. The number of hydrogen-bond acceptors (Lipinski definition) is 6. The van der Waals surface area contributed by atoms with Gasteiger partial charge in [0, 0.05) is 22.9 Å². The molecule has 3 aromatic rings. The van der Waals surface area contributed by atoms with Crippen LogP contribution in [0.3, 0.4) is 0 Å². The summed E-state index contributed by atoms with van der Waals surface area (Å²) in [6, 6.07) is 11.4. The zero-order chi connectivity index (χ0) is 23.2. The molecular formula is C25H26ClN5O4. The molecule has 0 radical (unpaired) electrons. The first-order chi connectivity index (χ1) is 16.6. The molecule has 0 bridgehead atoms. The molecule has 6 rings (SSSR count). The monoisotopic (exact) mass is 495 g/mol. The molecule has 0 atom stereocenters. The largest absolute Gasteiger partial charge is 0.454 e. The number of amides is 2. The predicted octanol–water partition coefficient (Wildman–Crippen LogP) is 2.83. The fraction of sp³-hybridized carbons (Fsp3) is 0.320. The van der Waals surface area contributed by atoms with Gasteiger partial charge >= 0.3 is 0 Å². The van der Waals surface area contributed by atoms with Gasteiger partial charge in [-0.15, -0.1) is 12.4 Å². The number of carbonyl (C=O) groups excluding carboxylic acids is 2. The number of nitrogens with zero attached hydrogens (tertiary/aromatic N) is 2. The summed E-state index contributed by atoms with van der Waals surface area (Å²) in [5.74, 6) is 1.36. The molecule has 1 saturated carbocycles. The fourth-order valence-corrected chi connectivity index (χ4v) is 4.63. The molecule has 2 aliphatic carbocycles. The van der Waals surface area contributed by atoms with Crippen LogP contribution in [-0.4, -0.2) is 41.5 Å². The second-order valence-corrected chi connectivity index (χ2v) is 8.98.